The number of carbonyl (C=O) groups excluding carboxylic acids is 2. The van der Waals surface area contributed by atoms with Gasteiger partial charge in [0.05, 0.1) is 17.8 Å². The van der Waals surface area contributed by atoms with E-state index in [1.165, 1.54) is 6.07 Å². The van der Waals surface area contributed by atoms with E-state index < -0.39 is 12.1 Å². The molecule has 9 heteroatoms. The lowest BCUT2D eigenvalue weighted by atomic mass is 9.90. The molecule has 2 aromatic rings. The first-order valence-electron chi connectivity index (χ1n) is 13.2. The second-order valence-electron chi connectivity index (χ2n) is 9.65. The molecule has 7 nitrogen and oxygen atoms in total. The Labute approximate surface area is 230 Å². The van der Waals surface area contributed by atoms with Gasteiger partial charge in [0.2, 0.25) is 11.8 Å². The molecule has 2 unspecified atom stereocenters. The lowest BCUT2D eigenvalue weighted by Crippen LogP contribution is -2.57. The standard InChI is InChI=1S/C29H39FN4O3S/c1-5-14-34(29(36)27(21-12-15-37-16-13-21)33-28(35)20(3)31-4)19(2)17-32-26(18-38)24-10-11-25(30)23-9-7-6-8-22(23)24/h6-11,17-21,27,31,38H,5,12-16H2,1-4H3,(H,33,35)/b26-18-,32-17?/t19?,20-,27?/m0/s1. The lowest BCUT2D eigenvalue weighted by Gasteiger charge is -2.36. The van der Waals surface area contributed by atoms with E-state index in [4.69, 9.17) is 4.74 Å². The Balaban J connectivity index is 1.87. The Kier molecular flexibility index (Phi) is 11.3. The molecule has 1 fully saturated rings. The number of ether oxygens (including phenoxy) is 1. The molecule has 1 heterocycles. The fourth-order valence-electron chi connectivity index (χ4n) is 4.70. The van der Waals surface area contributed by atoms with Gasteiger partial charge in [0, 0.05) is 36.9 Å². The monoisotopic (exact) mass is 542 g/mol. The highest BCUT2D eigenvalue weighted by atomic mass is 32.1. The Morgan fingerprint density at radius 3 is 2.50 bits per heavy atom. The molecule has 3 rings (SSSR count). The van der Waals surface area contributed by atoms with E-state index in [-0.39, 0.29) is 29.6 Å². The van der Waals surface area contributed by atoms with E-state index in [1.807, 2.05) is 26.0 Å². The number of halogens is 1. The minimum absolute atomic E-state index is 0.00812. The maximum absolute atomic E-state index is 14.4. The Morgan fingerprint density at radius 1 is 1.18 bits per heavy atom. The van der Waals surface area contributed by atoms with Crippen molar-refractivity contribution in [3.63, 3.8) is 0 Å². The second kappa shape index (κ2) is 14.4. The van der Waals surface area contributed by atoms with Crippen molar-refractivity contribution in [2.24, 2.45) is 10.9 Å². The van der Waals surface area contributed by atoms with Crippen molar-refractivity contribution in [2.45, 2.75) is 58.2 Å². The Hall–Kier alpha value is -2.75. The summed E-state index contributed by atoms with van der Waals surface area (Å²) in [6.07, 6.45) is 3.88. The van der Waals surface area contributed by atoms with Gasteiger partial charge in [0.25, 0.3) is 0 Å². The van der Waals surface area contributed by atoms with Crippen molar-refractivity contribution in [2.75, 3.05) is 26.8 Å². The number of carbonyl (C=O) groups is 2. The number of likely N-dealkylation sites (N-methyl/N-ethyl adjacent to an activating group) is 1. The molecule has 0 aliphatic carbocycles. The number of nitrogens with one attached hydrogen (secondary N) is 2. The van der Waals surface area contributed by atoms with Crippen LogP contribution in [0.4, 0.5) is 4.39 Å². The molecule has 38 heavy (non-hydrogen) atoms. The van der Waals surface area contributed by atoms with E-state index in [0.29, 0.717) is 43.7 Å². The first kappa shape index (κ1) is 29.8. The molecule has 1 aliphatic heterocycles. The smallest absolute Gasteiger partial charge is 0.245 e. The number of hydrogen-bond acceptors (Lipinski definition) is 6. The maximum Gasteiger partial charge on any atom is 0.245 e. The van der Waals surface area contributed by atoms with Gasteiger partial charge in [-0.1, -0.05) is 31.2 Å². The maximum atomic E-state index is 14.4. The van der Waals surface area contributed by atoms with Crippen LogP contribution in [-0.2, 0) is 14.3 Å². The van der Waals surface area contributed by atoms with Gasteiger partial charge in [-0.3, -0.25) is 14.6 Å². The third-order valence-electron chi connectivity index (χ3n) is 7.07. The SMILES string of the molecule is CCCN(C(=O)C(NC(=O)[C@H](C)NC)C1CCOCC1)C(C)C=N/C(=C\S)c1ccc(F)c2ccccc12. The quantitative estimate of drug-likeness (QED) is 0.290. The first-order valence-corrected chi connectivity index (χ1v) is 13.8. The third-order valence-corrected chi connectivity index (χ3v) is 7.31. The first-order chi connectivity index (χ1) is 18.3. The predicted octanol–water partition coefficient (Wildman–Crippen LogP) is 4.42. The summed E-state index contributed by atoms with van der Waals surface area (Å²) in [6.45, 7) is 7.35. The van der Waals surface area contributed by atoms with Gasteiger partial charge in [-0.05, 0) is 69.0 Å². The molecule has 1 saturated heterocycles. The van der Waals surface area contributed by atoms with E-state index in [2.05, 4.69) is 28.3 Å². The summed E-state index contributed by atoms with van der Waals surface area (Å²) in [6, 6.07) is 8.94. The fourth-order valence-corrected chi connectivity index (χ4v) is 4.91. The summed E-state index contributed by atoms with van der Waals surface area (Å²) >= 11 is 4.37. The predicted molar refractivity (Wildman–Crippen MR) is 155 cm³/mol. The van der Waals surface area contributed by atoms with Crippen LogP contribution >= 0.6 is 12.6 Å². The molecule has 0 saturated carbocycles. The van der Waals surface area contributed by atoms with Crippen LogP contribution in [0.2, 0.25) is 0 Å². The molecule has 2 aromatic carbocycles. The van der Waals surface area contributed by atoms with Gasteiger partial charge < -0.3 is 20.3 Å². The Bertz CT molecular complexity index is 1170. The zero-order valence-electron chi connectivity index (χ0n) is 22.6. The van der Waals surface area contributed by atoms with Gasteiger partial charge in [-0.2, -0.15) is 0 Å². The largest absolute Gasteiger partial charge is 0.381 e. The van der Waals surface area contributed by atoms with E-state index in [1.54, 1.807) is 48.7 Å². The van der Waals surface area contributed by atoms with Crippen LogP contribution in [0.5, 0.6) is 0 Å². The van der Waals surface area contributed by atoms with Crippen molar-refractivity contribution < 1.29 is 18.7 Å². The molecular formula is C29H39FN4O3S. The number of rotatable bonds is 11. The summed E-state index contributed by atoms with van der Waals surface area (Å²) in [5.41, 5.74) is 1.32. The normalized spacial score (nSPS) is 17.4. The molecule has 0 bridgehead atoms. The molecule has 0 aromatic heterocycles. The average Bonchev–Trinajstić information content (AvgIpc) is 2.95. The molecule has 2 N–H and O–H groups in total. The van der Waals surface area contributed by atoms with Gasteiger partial charge in [0.1, 0.15) is 11.9 Å². The van der Waals surface area contributed by atoms with Gasteiger partial charge in [-0.25, -0.2) is 4.39 Å². The zero-order valence-corrected chi connectivity index (χ0v) is 23.5. The van der Waals surface area contributed by atoms with Crippen LogP contribution in [0.25, 0.3) is 16.5 Å². The van der Waals surface area contributed by atoms with Crippen molar-refractivity contribution in [1.82, 2.24) is 15.5 Å². The molecule has 2 amide bonds. The van der Waals surface area contributed by atoms with E-state index >= 15 is 0 Å². The summed E-state index contributed by atoms with van der Waals surface area (Å²) < 4.78 is 19.9. The van der Waals surface area contributed by atoms with Crippen LogP contribution in [0.15, 0.2) is 46.8 Å². The van der Waals surface area contributed by atoms with Crippen LogP contribution in [-0.4, -0.2) is 67.9 Å². The summed E-state index contributed by atoms with van der Waals surface area (Å²) in [7, 11) is 1.72. The number of aliphatic imine (C=N–C) groups is 1. The molecule has 206 valence electrons. The third kappa shape index (κ3) is 7.21. The van der Waals surface area contributed by atoms with Gasteiger partial charge in [0.15, 0.2) is 0 Å². The number of nitrogens with zero attached hydrogens (tertiary/aromatic N) is 2. The van der Waals surface area contributed by atoms with Crippen LogP contribution < -0.4 is 10.6 Å². The number of amides is 2. The highest BCUT2D eigenvalue weighted by molar-refractivity contribution is 7.83. The number of fused-ring (bicyclic) bond motifs is 1. The van der Waals surface area contributed by atoms with Crippen LogP contribution in [0.3, 0.4) is 0 Å². The highest BCUT2D eigenvalue weighted by Gasteiger charge is 2.35. The number of thiol groups is 1. The lowest BCUT2D eigenvalue weighted by molar-refractivity contribution is -0.140. The van der Waals surface area contributed by atoms with Crippen molar-refractivity contribution in [1.29, 1.82) is 0 Å². The van der Waals surface area contributed by atoms with E-state index in [9.17, 15) is 14.0 Å². The van der Waals surface area contributed by atoms with E-state index in [0.717, 1.165) is 17.4 Å². The fraction of sp³-hybridized carbons (Fsp3) is 0.483. The molecule has 1 aliphatic rings. The summed E-state index contributed by atoms with van der Waals surface area (Å²) in [5.74, 6) is -0.642. The van der Waals surface area contributed by atoms with Crippen LogP contribution in [0, 0.1) is 11.7 Å². The van der Waals surface area contributed by atoms with Crippen LogP contribution in [0.1, 0.15) is 45.6 Å². The average molecular weight is 543 g/mol. The highest BCUT2D eigenvalue weighted by Crippen LogP contribution is 2.28. The molecular weight excluding hydrogens is 503 g/mol. The zero-order chi connectivity index (χ0) is 27.7. The number of benzene rings is 2. The topological polar surface area (TPSA) is 83.0 Å². The number of hydrogen-bond donors (Lipinski definition) is 3. The van der Waals surface area contributed by atoms with Crippen molar-refractivity contribution in [3.05, 3.63) is 53.2 Å². The van der Waals surface area contributed by atoms with Gasteiger partial charge >= 0.3 is 0 Å². The molecule has 0 spiro atoms. The van der Waals surface area contributed by atoms with Crippen molar-refractivity contribution >= 4 is 47.1 Å². The molecule has 3 atom stereocenters. The van der Waals surface area contributed by atoms with Gasteiger partial charge in [-0.15, -0.1) is 12.6 Å². The molecule has 0 radical (unpaired) electrons. The summed E-state index contributed by atoms with van der Waals surface area (Å²) in [4.78, 5) is 33.2. The second-order valence-corrected chi connectivity index (χ2v) is 9.91. The van der Waals surface area contributed by atoms with Crippen molar-refractivity contribution in [3.8, 4) is 0 Å². The minimum atomic E-state index is -0.648. The minimum Gasteiger partial charge on any atom is -0.381 e. The Morgan fingerprint density at radius 2 is 1.87 bits per heavy atom. The summed E-state index contributed by atoms with van der Waals surface area (Å²) in [5, 5.41) is 8.77.